The molecule has 0 saturated carbocycles. The predicted molar refractivity (Wildman–Crippen MR) is 115 cm³/mol. The third-order valence-electron chi connectivity index (χ3n) is 4.95. The van der Waals surface area contributed by atoms with Crippen molar-refractivity contribution in [1.82, 2.24) is 4.57 Å². The molecule has 29 heavy (non-hydrogen) atoms. The quantitative estimate of drug-likeness (QED) is 0.369. The Labute approximate surface area is 168 Å². The van der Waals surface area contributed by atoms with Crippen molar-refractivity contribution >= 4 is 28.8 Å². The maximum absolute atomic E-state index is 12.4. The van der Waals surface area contributed by atoms with Crippen molar-refractivity contribution in [2.45, 2.75) is 6.54 Å². The topological polar surface area (TPSA) is 43.6 Å². The van der Waals surface area contributed by atoms with Crippen molar-refractivity contribution in [3.05, 3.63) is 114 Å². The fourth-order valence-electron chi connectivity index (χ4n) is 3.56. The summed E-state index contributed by atoms with van der Waals surface area (Å²) in [6, 6.07) is 27.9. The number of aliphatic imine (C=N–C) groups is 1. The van der Waals surface area contributed by atoms with Crippen LogP contribution in [-0.4, -0.2) is 16.4 Å². The zero-order chi connectivity index (χ0) is 19.6. The standard InChI is InChI=1S/C25H18N2O2/c28-25-22(26-24(29-25)19-11-5-2-6-12-19)15-20-17-27(16-18-9-3-1-4-10-18)23-14-8-7-13-21(20)23/h1-15,17H,16H2/b22-15-. The van der Waals surface area contributed by atoms with Crippen LogP contribution in [0.1, 0.15) is 16.7 Å². The van der Waals surface area contributed by atoms with Gasteiger partial charge in [0.05, 0.1) is 0 Å². The lowest BCUT2D eigenvalue weighted by Gasteiger charge is -2.05. The van der Waals surface area contributed by atoms with Crippen LogP contribution in [0.5, 0.6) is 0 Å². The van der Waals surface area contributed by atoms with E-state index in [-0.39, 0.29) is 0 Å². The molecular formula is C25H18N2O2. The Morgan fingerprint density at radius 1 is 0.862 bits per heavy atom. The summed E-state index contributed by atoms with van der Waals surface area (Å²) in [5, 5.41) is 1.08. The summed E-state index contributed by atoms with van der Waals surface area (Å²) in [5.41, 5.74) is 4.38. The van der Waals surface area contributed by atoms with Crippen LogP contribution in [0.25, 0.3) is 17.0 Å². The number of rotatable bonds is 4. The van der Waals surface area contributed by atoms with E-state index in [0.29, 0.717) is 11.6 Å². The second kappa shape index (κ2) is 7.24. The Kier molecular flexibility index (Phi) is 4.30. The fraction of sp³-hybridized carbons (Fsp3) is 0.0400. The first kappa shape index (κ1) is 17.2. The Morgan fingerprint density at radius 2 is 1.55 bits per heavy atom. The van der Waals surface area contributed by atoms with Gasteiger partial charge in [-0.05, 0) is 29.8 Å². The maximum Gasteiger partial charge on any atom is 0.363 e. The summed E-state index contributed by atoms with van der Waals surface area (Å²) in [5.74, 6) is -0.0846. The van der Waals surface area contributed by atoms with Crippen molar-refractivity contribution in [2.24, 2.45) is 4.99 Å². The molecule has 0 unspecified atom stereocenters. The number of cyclic esters (lactones) is 1. The molecule has 2 heterocycles. The third-order valence-corrected chi connectivity index (χ3v) is 4.95. The lowest BCUT2D eigenvalue weighted by molar-refractivity contribution is -0.129. The number of esters is 1. The fourth-order valence-corrected chi connectivity index (χ4v) is 3.56. The van der Waals surface area contributed by atoms with Crippen LogP contribution in [0.2, 0.25) is 0 Å². The molecule has 4 heteroatoms. The molecule has 0 spiro atoms. The molecule has 5 rings (SSSR count). The molecule has 0 radical (unpaired) electrons. The largest absolute Gasteiger partial charge is 0.402 e. The molecule has 0 amide bonds. The Balaban J connectivity index is 1.55. The lowest BCUT2D eigenvalue weighted by atomic mass is 10.1. The highest BCUT2D eigenvalue weighted by Gasteiger charge is 2.24. The Bertz CT molecular complexity index is 1250. The van der Waals surface area contributed by atoms with Crippen molar-refractivity contribution in [3.8, 4) is 0 Å². The van der Waals surface area contributed by atoms with Crippen molar-refractivity contribution in [3.63, 3.8) is 0 Å². The first-order valence-corrected chi connectivity index (χ1v) is 9.48. The molecule has 0 atom stereocenters. The number of para-hydroxylation sites is 1. The molecule has 1 aliphatic heterocycles. The second-order valence-electron chi connectivity index (χ2n) is 6.92. The van der Waals surface area contributed by atoms with E-state index >= 15 is 0 Å². The summed E-state index contributed by atoms with van der Waals surface area (Å²) < 4.78 is 7.58. The van der Waals surface area contributed by atoms with Gasteiger partial charge in [0.25, 0.3) is 0 Å². The van der Waals surface area contributed by atoms with Gasteiger partial charge in [-0.15, -0.1) is 0 Å². The van der Waals surface area contributed by atoms with Gasteiger partial charge >= 0.3 is 5.97 Å². The van der Waals surface area contributed by atoms with Gasteiger partial charge in [0.2, 0.25) is 5.90 Å². The van der Waals surface area contributed by atoms with Gasteiger partial charge in [0, 0.05) is 34.8 Å². The van der Waals surface area contributed by atoms with Gasteiger partial charge in [-0.25, -0.2) is 9.79 Å². The number of carbonyl (C=O) groups is 1. The van der Waals surface area contributed by atoms with Gasteiger partial charge in [-0.2, -0.15) is 0 Å². The molecule has 0 fully saturated rings. The maximum atomic E-state index is 12.4. The first-order chi connectivity index (χ1) is 14.3. The van der Waals surface area contributed by atoms with E-state index in [1.807, 2.05) is 66.7 Å². The summed E-state index contributed by atoms with van der Waals surface area (Å²) in [6.45, 7) is 0.757. The van der Waals surface area contributed by atoms with E-state index in [1.54, 1.807) is 0 Å². The molecule has 1 aliphatic rings. The smallest absolute Gasteiger partial charge is 0.363 e. The van der Waals surface area contributed by atoms with Crippen LogP contribution in [0, 0.1) is 0 Å². The number of benzene rings is 3. The molecule has 1 aromatic heterocycles. The van der Waals surface area contributed by atoms with Gasteiger partial charge in [0.15, 0.2) is 5.70 Å². The van der Waals surface area contributed by atoms with E-state index in [0.717, 1.165) is 28.6 Å². The molecule has 0 bridgehead atoms. The number of hydrogen-bond donors (Lipinski definition) is 0. The molecule has 4 aromatic rings. The van der Waals surface area contributed by atoms with Gasteiger partial charge in [-0.1, -0.05) is 66.7 Å². The molecule has 0 saturated heterocycles. The number of carbonyl (C=O) groups excluding carboxylic acids is 1. The Hall–Kier alpha value is -3.92. The average molecular weight is 378 g/mol. The highest BCUT2D eigenvalue weighted by molar-refractivity contribution is 6.13. The highest BCUT2D eigenvalue weighted by atomic mass is 16.6. The van der Waals surface area contributed by atoms with E-state index < -0.39 is 5.97 Å². The average Bonchev–Trinajstić information content (AvgIpc) is 3.31. The van der Waals surface area contributed by atoms with Crippen molar-refractivity contribution in [1.29, 1.82) is 0 Å². The summed E-state index contributed by atoms with van der Waals surface area (Å²) in [4.78, 5) is 16.8. The monoisotopic (exact) mass is 378 g/mol. The summed E-state index contributed by atoms with van der Waals surface area (Å²) in [7, 11) is 0. The van der Waals surface area contributed by atoms with Gasteiger partial charge in [0.1, 0.15) is 0 Å². The third kappa shape index (κ3) is 3.36. The zero-order valence-electron chi connectivity index (χ0n) is 15.7. The molecule has 0 aliphatic carbocycles. The van der Waals surface area contributed by atoms with Crippen LogP contribution in [-0.2, 0) is 16.1 Å². The minimum atomic E-state index is -0.427. The van der Waals surface area contributed by atoms with Crippen molar-refractivity contribution in [2.75, 3.05) is 0 Å². The van der Waals surface area contributed by atoms with Crippen LogP contribution >= 0.6 is 0 Å². The highest BCUT2D eigenvalue weighted by Crippen LogP contribution is 2.26. The number of aromatic nitrogens is 1. The molecular weight excluding hydrogens is 360 g/mol. The van der Waals surface area contributed by atoms with Crippen LogP contribution in [0.3, 0.4) is 0 Å². The Morgan fingerprint density at radius 3 is 2.34 bits per heavy atom. The van der Waals surface area contributed by atoms with Gasteiger partial charge in [-0.3, -0.25) is 0 Å². The van der Waals surface area contributed by atoms with E-state index in [9.17, 15) is 4.79 Å². The summed E-state index contributed by atoms with van der Waals surface area (Å²) >= 11 is 0. The van der Waals surface area contributed by atoms with Crippen LogP contribution in [0.4, 0.5) is 0 Å². The number of hydrogen-bond acceptors (Lipinski definition) is 3. The predicted octanol–water partition coefficient (Wildman–Crippen LogP) is 5.03. The number of fused-ring (bicyclic) bond motifs is 1. The van der Waals surface area contributed by atoms with E-state index in [4.69, 9.17) is 4.74 Å². The molecule has 4 nitrogen and oxygen atoms in total. The number of ether oxygens (including phenoxy) is 1. The second-order valence-corrected chi connectivity index (χ2v) is 6.92. The van der Waals surface area contributed by atoms with E-state index in [1.165, 1.54) is 5.56 Å². The normalized spacial score (nSPS) is 15.0. The molecule has 140 valence electrons. The SMILES string of the molecule is O=C1OC(c2ccccc2)=N/C1=C\c1cn(Cc2ccccc2)c2ccccc12. The number of nitrogens with zero attached hydrogens (tertiary/aromatic N) is 2. The minimum Gasteiger partial charge on any atom is -0.402 e. The minimum absolute atomic E-state index is 0.312. The van der Waals surface area contributed by atoms with E-state index in [2.05, 4.69) is 40.0 Å². The molecule has 3 aromatic carbocycles. The van der Waals surface area contributed by atoms with Gasteiger partial charge < -0.3 is 9.30 Å². The van der Waals surface area contributed by atoms with Crippen molar-refractivity contribution < 1.29 is 9.53 Å². The van der Waals surface area contributed by atoms with Crippen LogP contribution < -0.4 is 0 Å². The van der Waals surface area contributed by atoms with Crippen LogP contribution in [0.15, 0.2) is 102 Å². The summed E-state index contributed by atoms with van der Waals surface area (Å²) in [6.07, 6.45) is 3.87. The zero-order valence-corrected chi connectivity index (χ0v) is 15.7. The first-order valence-electron chi connectivity index (χ1n) is 9.48. The lowest BCUT2D eigenvalue weighted by Crippen LogP contribution is -2.04. The molecule has 0 N–H and O–H groups in total.